The number of hydrogen-bond donors (Lipinski definition) is 3. The third-order valence-electron chi connectivity index (χ3n) is 2.48. The fourth-order valence-corrected chi connectivity index (χ4v) is 1.64. The lowest BCUT2D eigenvalue weighted by Gasteiger charge is -2.06. The summed E-state index contributed by atoms with van der Waals surface area (Å²) >= 11 is 0. The number of nitrogens with zero attached hydrogens (tertiary/aromatic N) is 2. The van der Waals surface area contributed by atoms with Crippen LogP contribution in [0.15, 0.2) is 43.5 Å². The number of guanidine groups is 2. The van der Waals surface area contributed by atoms with Crippen molar-refractivity contribution in [3.63, 3.8) is 0 Å². The van der Waals surface area contributed by atoms with Gasteiger partial charge >= 0.3 is 6.18 Å². The molecule has 1 aromatic carbocycles. The van der Waals surface area contributed by atoms with Gasteiger partial charge in [0, 0.05) is 6.07 Å². The molecule has 0 unspecified atom stereocenters. The van der Waals surface area contributed by atoms with Crippen LogP contribution in [-0.4, -0.2) is 11.9 Å². The Kier molecular flexibility index (Phi) is 3.76. The molecule has 0 saturated carbocycles. The molecule has 22 heavy (non-hydrogen) atoms. The van der Waals surface area contributed by atoms with Crippen LogP contribution < -0.4 is 22.6 Å². The summed E-state index contributed by atoms with van der Waals surface area (Å²) in [7, 11) is 0. The first kappa shape index (κ1) is 15.4. The van der Waals surface area contributed by atoms with Crippen LogP contribution in [0.25, 0.3) is 11.0 Å². The van der Waals surface area contributed by atoms with E-state index in [9.17, 15) is 18.0 Å². The summed E-state index contributed by atoms with van der Waals surface area (Å²) in [6.07, 6.45) is -4.75. The summed E-state index contributed by atoms with van der Waals surface area (Å²) in [5.41, 5.74) is 14.8. The molecule has 0 radical (unpaired) electrons. The summed E-state index contributed by atoms with van der Waals surface area (Å²) in [4.78, 5) is 19.0. The highest BCUT2D eigenvalue weighted by molar-refractivity contribution is 5.94. The fraction of sp³-hybridized carbons (Fsp3) is 0.0833. The molecule has 0 amide bonds. The maximum Gasteiger partial charge on any atom is 0.449 e. The number of nitrogens with two attached hydrogens (primary N) is 3. The Labute approximate surface area is 120 Å². The Morgan fingerprint density at radius 3 is 2.41 bits per heavy atom. The van der Waals surface area contributed by atoms with Crippen LogP contribution in [-0.2, 0) is 6.18 Å². The van der Waals surface area contributed by atoms with Crippen molar-refractivity contribution in [3.05, 3.63) is 40.2 Å². The third-order valence-corrected chi connectivity index (χ3v) is 2.48. The van der Waals surface area contributed by atoms with Crippen molar-refractivity contribution in [3.8, 4) is 0 Å². The SMILES string of the molecule is NC(N)=NC(N)=Nc1ccc2oc(C(F)(F)F)cc(=O)c2c1. The Balaban J connectivity index is 2.55. The third kappa shape index (κ3) is 3.34. The Hall–Kier alpha value is -3.04. The van der Waals surface area contributed by atoms with E-state index in [0.29, 0.717) is 6.07 Å². The van der Waals surface area contributed by atoms with Gasteiger partial charge in [-0.25, -0.2) is 4.99 Å². The average Bonchev–Trinajstić information content (AvgIpc) is 2.37. The number of fused-ring (bicyclic) bond motifs is 1. The Bertz CT molecular complexity index is 835. The van der Waals surface area contributed by atoms with Gasteiger partial charge < -0.3 is 21.6 Å². The second kappa shape index (κ2) is 5.39. The molecule has 0 aliphatic carbocycles. The molecule has 0 fully saturated rings. The maximum absolute atomic E-state index is 12.6. The molecule has 6 N–H and O–H groups in total. The minimum Gasteiger partial charge on any atom is -0.451 e. The minimum atomic E-state index is -4.75. The highest BCUT2D eigenvalue weighted by Crippen LogP contribution is 2.30. The van der Waals surface area contributed by atoms with E-state index in [4.69, 9.17) is 17.2 Å². The van der Waals surface area contributed by atoms with Gasteiger partial charge in [0.05, 0.1) is 11.1 Å². The van der Waals surface area contributed by atoms with Crippen LogP contribution in [0.2, 0.25) is 0 Å². The lowest BCUT2D eigenvalue weighted by atomic mass is 10.2. The quantitative estimate of drug-likeness (QED) is 0.534. The van der Waals surface area contributed by atoms with E-state index in [1.165, 1.54) is 18.2 Å². The number of benzene rings is 1. The number of rotatable bonds is 1. The molecular formula is C12H10F3N5O2. The molecule has 1 heterocycles. The molecule has 1 aromatic heterocycles. The van der Waals surface area contributed by atoms with Crippen molar-refractivity contribution in [2.45, 2.75) is 6.18 Å². The standard InChI is InChI=1S/C12H10F3N5O2/c13-12(14,15)9-4-7(21)6-3-5(1-2-8(6)22-9)19-11(18)20-10(16)17/h1-4H,(H6,16,17,18,19,20). The molecule has 116 valence electrons. The van der Waals surface area contributed by atoms with E-state index >= 15 is 0 Å². The number of hydrogen-bond acceptors (Lipinski definition) is 3. The topological polar surface area (TPSA) is 133 Å². The highest BCUT2D eigenvalue weighted by Gasteiger charge is 2.34. The van der Waals surface area contributed by atoms with Crippen LogP contribution >= 0.6 is 0 Å². The van der Waals surface area contributed by atoms with Crippen molar-refractivity contribution >= 4 is 28.6 Å². The molecule has 0 atom stereocenters. The minimum absolute atomic E-state index is 0.0771. The number of halogens is 3. The zero-order valence-corrected chi connectivity index (χ0v) is 10.9. The van der Waals surface area contributed by atoms with Gasteiger partial charge in [-0.3, -0.25) is 4.79 Å². The van der Waals surface area contributed by atoms with Gasteiger partial charge in [0.2, 0.25) is 11.7 Å². The zero-order chi connectivity index (χ0) is 16.5. The second-order valence-corrected chi connectivity index (χ2v) is 4.16. The molecule has 0 aliphatic heterocycles. The highest BCUT2D eigenvalue weighted by atomic mass is 19.4. The molecule has 0 spiro atoms. The van der Waals surface area contributed by atoms with Gasteiger partial charge in [-0.1, -0.05) is 0 Å². The van der Waals surface area contributed by atoms with E-state index in [2.05, 4.69) is 14.4 Å². The summed E-state index contributed by atoms with van der Waals surface area (Å²) in [5.74, 6) is -1.95. The van der Waals surface area contributed by atoms with Gasteiger partial charge in [-0.15, -0.1) is 0 Å². The summed E-state index contributed by atoms with van der Waals surface area (Å²) in [5, 5.41) is -0.0771. The molecule has 2 rings (SSSR count). The van der Waals surface area contributed by atoms with Gasteiger partial charge in [-0.05, 0) is 18.2 Å². The lowest BCUT2D eigenvalue weighted by molar-refractivity contribution is -0.152. The van der Waals surface area contributed by atoms with Crippen LogP contribution in [0.4, 0.5) is 18.9 Å². The fourth-order valence-electron chi connectivity index (χ4n) is 1.64. The van der Waals surface area contributed by atoms with Gasteiger partial charge in [0.25, 0.3) is 0 Å². The van der Waals surface area contributed by atoms with Gasteiger partial charge in [0.1, 0.15) is 5.58 Å². The summed E-state index contributed by atoms with van der Waals surface area (Å²) < 4.78 is 42.3. The van der Waals surface area contributed by atoms with Gasteiger partial charge in [-0.2, -0.15) is 18.2 Å². The molecule has 0 bridgehead atoms. The molecule has 10 heteroatoms. The van der Waals surface area contributed by atoms with E-state index in [-0.39, 0.29) is 28.6 Å². The van der Waals surface area contributed by atoms with Crippen LogP contribution in [0.5, 0.6) is 0 Å². The zero-order valence-electron chi connectivity index (χ0n) is 10.9. The summed E-state index contributed by atoms with van der Waals surface area (Å²) in [6, 6.07) is 4.07. The van der Waals surface area contributed by atoms with Crippen molar-refractivity contribution < 1.29 is 17.6 Å². The predicted molar refractivity (Wildman–Crippen MR) is 74.6 cm³/mol. The summed E-state index contributed by atoms with van der Waals surface area (Å²) in [6.45, 7) is 0. The van der Waals surface area contributed by atoms with Crippen molar-refractivity contribution in [1.29, 1.82) is 0 Å². The van der Waals surface area contributed by atoms with Crippen molar-refractivity contribution in [1.82, 2.24) is 0 Å². The number of alkyl halides is 3. The largest absolute Gasteiger partial charge is 0.451 e. The maximum atomic E-state index is 12.6. The normalized spacial score (nSPS) is 12.4. The molecule has 0 saturated heterocycles. The lowest BCUT2D eigenvalue weighted by Crippen LogP contribution is -2.26. The number of aliphatic imine (C=N–C) groups is 2. The van der Waals surface area contributed by atoms with Crippen LogP contribution in [0.1, 0.15) is 5.76 Å². The van der Waals surface area contributed by atoms with Crippen LogP contribution in [0, 0.1) is 0 Å². The van der Waals surface area contributed by atoms with E-state index in [1.54, 1.807) is 0 Å². The molecule has 0 aliphatic rings. The molecule has 2 aromatic rings. The van der Waals surface area contributed by atoms with Gasteiger partial charge in [0.15, 0.2) is 11.4 Å². The van der Waals surface area contributed by atoms with Crippen molar-refractivity contribution in [2.24, 2.45) is 27.2 Å². The Morgan fingerprint density at radius 1 is 1.14 bits per heavy atom. The van der Waals surface area contributed by atoms with E-state index in [0.717, 1.165) is 0 Å². The average molecular weight is 313 g/mol. The molecular weight excluding hydrogens is 303 g/mol. The van der Waals surface area contributed by atoms with Crippen molar-refractivity contribution in [2.75, 3.05) is 0 Å². The predicted octanol–water partition coefficient (Wildman–Crippen LogP) is 1.03. The first-order valence-electron chi connectivity index (χ1n) is 5.76. The van der Waals surface area contributed by atoms with Crippen LogP contribution in [0.3, 0.4) is 0 Å². The second-order valence-electron chi connectivity index (χ2n) is 4.16. The molecule has 7 nitrogen and oxygen atoms in total. The van der Waals surface area contributed by atoms with E-state index < -0.39 is 17.4 Å². The smallest absolute Gasteiger partial charge is 0.449 e. The first-order valence-corrected chi connectivity index (χ1v) is 5.76. The Morgan fingerprint density at radius 2 is 1.82 bits per heavy atom. The van der Waals surface area contributed by atoms with E-state index in [1.807, 2.05) is 0 Å². The first-order chi connectivity index (χ1) is 10.2. The monoisotopic (exact) mass is 313 g/mol.